The average molecular weight is 185 g/mol. The Balaban J connectivity index is 1.74. The van der Waals surface area contributed by atoms with Crippen molar-refractivity contribution < 1.29 is 9.15 Å². The van der Waals surface area contributed by atoms with Crippen LogP contribution in [0.15, 0.2) is 22.1 Å². The lowest BCUT2D eigenvalue weighted by Crippen LogP contribution is -2.01. The van der Waals surface area contributed by atoms with Crippen molar-refractivity contribution in [2.75, 3.05) is 19.0 Å². The number of rotatable bonds is 3. The zero-order chi connectivity index (χ0) is 8.23. The average Bonchev–Trinajstić information content (AvgIpc) is 2.74. The molecular weight excluding hydrogens is 174 g/mol. The van der Waals surface area contributed by atoms with E-state index in [0.717, 1.165) is 24.2 Å². The predicted molar refractivity (Wildman–Crippen MR) is 46.2 cm³/mol. The number of hydrogen-bond acceptors (Lipinski definition) is 4. The molecule has 1 aliphatic heterocycles. The number of hydrogen-bond donors (Lipinski definition) is 0. The largest absolute Gasteiger partial charge is 0.440 e. The van der Waals surface area contributed by atoms with Crippen molar-refractivity contribution in [2.24, 2.45) is 5.92 Å². The van der Waals surface area contributed by atoms with Gasteiger partial charge in [0.1, 0.15) is 6.26 Å². The molecule has 1 aliphatic rings. The fraction of sp³-hybridized carbons (Fsp3) is 0.625. The standard InChI is InChI=1S/C8H11NO2S/c1-3-10-5-7(1)6-12-8-9-2-4-11-8/h2,4,7H,1,3,5-6H2. The van der Waals surface area contributed by atoms with E-state index in [9.17, 15) is 0 Å². The SMILES string of the molecule is c1coc(SCC2CCOC2)n1. The summed E-state index contributed by atoms with van der Waals surface area (Å²) in [6.45, 7) is 1.81. The second-order valence-corrected chi connectivity index (χ2v) is 3.81. The minimum atomic E-state index is 0.682. The van der Waals surface area contributed by atoms with Crippen molar-refractivity contribution in [3.05, 3.63) is 12.5 Å². The summed E-state index contributed by atoms with van der Waals surface area (Å²) in [5.74, 6) is 1.74. The van der Waals surface area contributed by atoms with Crippen molar-refractivity contribution in [1.29, 1.82) is 0 Å². The first-order valence-corrected chi connectivity index (χ1v) is 5.04. The highest BCUT2D eigenvalue weighted by atomic mass is 32.2. The van der Waals surface area contributed by atoms with Gasteiger partial charge in [0, 0.05) is 12.4 Å². The molecule has 1 fully saturated rings. The lowest BCUT2D eigenvalue weighted by Gasteiger charge is -2.02. The molecule has 0 amide bonds. The molecule has 2 rings (SSSR count). The third-order valence-electron chi connectivity index (χ3n) is 1.88. The zero-order valence-electron chi connectivity index (χ0n) is 6.73. The van der Waals surface area contributed by atoms with Crippen molar-refractivity contribution in [3.63, 3.8) is 0 Å². The Bertz CT molecular complexity index is 219. The zero-order valence-corrected chi connectivity index (χ0v) is 7.55. The van der Waals surface area contributed by atoms with E-state index in [4.69, 9.17) is 9.15 Å². The van der Waals surface area contributed by atoms with E-state index in [1.807, 2.05) is 0 Å². The first kappa shape index (κ1) is 8.13. The van der Waals surface area contributed by atoms with Gasteiger partial charge in [0.15, 0.2) is 0 Å². The molecular formula is C8H11NO2S. The van der Waals surface area contributed by atoms with Crippen molar-refractivity contribution in [3.8, 4) is 0 Å². The summed E-state index contributed by atoms with van der Waals surface area (Å²) in [4.78, 5) is 4.03. The van der Waals surface area contributed by atoms with Crippen LogP contribution < -0.4 is 0 Å². The molecule has 0 radical (unpaired) electrons. The quantitative estimate of drug-likeness (QED) is 0.673. The third-order valence-corrected chi connectivity index (χ3v) is 2.96. The van der Waals surface area contributed by atoms with Crippen LogP contribution in [-0.2, 0) is 4.74 Å². The summed E-state index contributed by atoms with van der Waals surface area (Å²) in [5.41, 5.74) is 0. The Morgan fingerprint density at radius 2 is 2.67 bits per heavy atom. The highest BCUT2D eigenvalue weighted by Crippen LogP contribution is 2.23. The van der Waals surface area contributed by atoms with Crippen LogP contribution in [0.3, 0.4) is 0 Å². The van der Waals surface area contributed by atoms with Crippen LogP contribution >= 0.6 is 11.8 Å². The van der Waals surface area contributed by atoms with E-state index in [-0.39, 0.29) is 0 Å². The van der Waals surface area contributed by atoms with Gasteiger partial charge in [-0.2, -0.15) is 0 Å². The molecule has 1 saturated heterocycles. The molecule has 12 heavy (non-hydrogen) atoms. The molecule has 1 atom stereocenters. The minimum absolute atomic E-state index is 0.682. The second-order valence-electron chi connectivity index (χ2n) is 2.84. The molecule has 1 unspecified atom stereocenters. The molecule has 2 heterocycles. The molecule has 3 nitrogen and oxygen atoms in total. The Morgan fingerprint density at radius 3 is 3.33 bits per heavy atom. The first-order valence-electron chi connectivity index (χ1n) is 4.05. The van der Waals surface area contributed by atoms with Gasteiger partial charge in [0.2, 0.25) is 0 Å². The summed E-state index contributed by atoms with van der Waals surface area (Å²) in [5, 5.41) is 0.766. The summed E-state index contributed by atoms with van der Waals surface area (Å²) in [7, 11) is 0. The maximum Gasteiger partial charge on any atom is 0.255 e. The predicted octanol–water partition coefficient (Wildman–Crippen LogP) is 1.80. The van der Waals surface area contributed by atoms with Gasteiger partial charge in [-0.05, 0) is 12.3 Å². The van der Waals surface area contributed by atoms with E-state index in [1.165, 1.54) is 6.42 Å². The highest BCUT2D eigenvalue weighted by Gasteiger charge is 2.16. The van der Waals surface area contributed by atoms with E-state index < -0.39 is 0 Å². The van der Waals surface area contributed by atoms with Crippen LogP contribution in [0.4, 0.5) is 0 Å². The number of nitrogens with zero attached hydrogens (tertiary/aromatic N) is 1. The second kappa shape index (κ2) is 3.96. The maximum absolute atomic E-state index is 5.26. The van der Waals surface area contributed by atoms with Gasteiger partial charge in [-0.25, -0.2) is 4.98 Å². The van der Waals surface area contributed by atoms with Gasteiger partial charge in [0.25, 0.3) is 5.22 Å². The van der Waals surface area contributed by atoms with Crippen molar-refractivity contribution >= 4 is 11.8 Å². The van der Waals surface area contributed by atoms with Gasteiger partial charge in [-0.15, -0.1) is 0 Å². The summed E-state index contributed by atoms with van der Waals surface area (Å²) in [6.07, 6.45) is 4.45. The molecule has 0 spiro atoms. The molecule has 1 aromatic rings. The Labute approximate surface area is 75.5 Å². The number of oxazole rings is 1. The van der Waals surface area contributed by atoms with E-state index in [0.29, 0.717) is 5.92 Å². The summed E-state index contributed by atoms with van der Waals surface area (Å²) >= 11 is 1.67. The highest BCUT2D eigenvalue weighted by molar-refractivity contribution is 7.99. The van der Waals surface area contributed by atoms with E-state index in [1.54, 1.807) is 24.2 Å². The fourth-order valence-corrected chi connectivity index (χ4v) is 2.09. The molecule has 66 valence electrons. The smallest absolute Gasteiger partial charge is 0.255 e. The normalized spacial score (nSPS) is 23.2. The fourth-order valence-electron chi connectivity index (χ4n) is 1.19. The Morgan fingerprint density at radius 1 is 1.67 bits per heavy atom. The lowest BCUT2D eigenvalue weighted by atomic mass is 10.2. The molecule has 4 heteroatoms. The molecule has 0 saturated carbocycles. The van der Waals surface area contributed by atoms with Gasteiger partial charge in [0.05, 0.1) is 12.8 Å². The Kier molecular flexibility index (Phi) is 2.68. The minimum Gasteiger partial charge on any atom is -0.440 e. The first-order chi connectivity index (χ1) is 5.95. The third kappa shape index (κ3) is 2.01. The maximum atomic E-state index is 5.26. The number of thioether (sulfide) groups is 1. The molecule has 0 bridgehead atoms. The molecule has 0 aromatic carbocycles. The van der Waals surface area contributed by atoms with Gasteiger partial charge >= 0.3 is 0 Å². The molecule has 1 aromatic heterocycles. The van der Waals surface area contributed by atoms with Gasteiger partial charge < -0.3 is 9.15 Å². The van der Waals surface area contributed by atoms with Gasteiger partial charge in [-0.1, -0.05) is 11.8 Å². The number of ether oxygens (including phenoxy) is 1. The van der Waals surface area contributed by atoms with Crippen LogP contribution in [-0.4, -0.2) is 24.0 Å². The number of aromatic nitrogens is 1. The summed E-state index contributed by atoms with van der Waals surface area (Å²) < 4.78 is 10.4. The van der Waals surface area contributed by atoms with E-state index in [2.05, 4.69) is 4.98 Å². The monoisotopic (exact) mass is 185 g/mol. The van der Waals surface area contributed by atoms with Gasteiger partial charge in [-0.3, -0.25) is 0 Å². The van der Waals surface area contributed by atoms with Crippen LogP contribution in [0.1, 0.15) is 6.42 Å². The Hall–Kier alpha value is -0.480. The van der Waals surface area contributed by atoms with Crippen molar-refractivity contribution in [1.82, 2.24) is 4.98 Å². The van der Waals surface area contributed by atoms with Crippen LogP contribution in [0, 0.1) is 5.92 Å². The van der Waals surface area contributed by atoms with Crippen LogP contribution in [0.2, 0.25) is 0 Å². The van der Waals surface area contributed by atoms with Crippen LogP contribution in [0.25, 0.3) is 0 Å². The molecule has 0 aliphatic carbocycles. The molecule has 0 N–H and O–H groups in total. The van der Waals surface area contributed by atoms with Crippen LogP contribution in [0.5, 0.6) is 0 Å². The lowest BCUT2D eigenvalue weighted by molar-refractivity contribution is 0.189. The van der Waals surface area contributed by atoms with Crippen molar-refractivity contribution in [2.45, 2.75) is 11.6 Å². The van der Waals surface area contributed by atoms with E-state index >= 15 is 0 Å². The topological polar surface area (TPSA) is 35.3 Å². The summed E-state index contributed by atoms with van der Waals surface area (Å²) in [6, 6.07) is 0.